The third-order valence-corrected chi connectivity index (χ3v) is 4.19. The van der Waals surface area contributed by atoms with Gasteiger partial charge in [-0.3, -0.25) is 0 Å². The molecule has 4 nitrogen and oxygen atoms in total. The first kappa shape index (κ1) is 13.6. The summed E-state index contributed by atoms with van der Waals surface area (Å²) in [7, 11) is 0. The molecule has 0 atom stereocenters. The van der Waals surface area contributed by atoms with Gasteiger partial charge < -0.3 is 15.6 Å². The van der Waals surface area contributed by atoms with Gasteiger partial charge in [-0.2, -0.15) is 0 Å². The first-order valence-corrected chi connectivity index (χ1v) is 7.76. The fourth-order valence-corrected chi connectivity index (χ4v) is 3.13. The summed E-state index contributed by atoms with van der Waals surface area (Å²) in [5, 5.41) is 5.81. The van der Waals surface area contributed by atoms with Gasteiger partial charge in [0.2, 0.25) is 0 Å². The molecule has 0 bridgehead atoms. The van der Waals surface area contributed by atoms with Gasteiger partial charge in [0.15, 0.2) is 5.82 Å². The number of nitrogen functional groups attached to an aromatic ring is 1. The molecule has 23 heavy (non-hydrogen) atoms. The zero-order valence-corrected chi connectivity index (χ0v) is 13.0. The third-order valence-electron chi connectivity index (χ3n) is 4.19. The largest absolute Gasteiger partial charge is 0.396 e. The summed E-state index contributed by atoms with van der Waals surface area (Å²) in [6, 6.07) is 18.6. The van der Waals surface area contributed by atoms with Crippen molar-refractivity contribution in [3.8, 4) is 0 Å². The minimum atomic E-state index is 0.642. The minimum absolute atomic E-state index is 0.642. The van der Waals surface area contributed by atoms with Crippen LogP contribution < -0.4 is 11.1 Å². The van der Waals surface area contributed by atoms with E-state index in [9.17, 15) is 0 Å². The Kier molecular flexibility index (Phi) is 3.15. The summed E-state index contributed by atoms with van der Waals surface area (Å²) in [5.74, 6) is 0.686. The monoisotopic (exact) mass is 302 g/mol. The number of para-hydroxylation sites is 1. The van der Waals surface area contributed by atoms with E-state index in [2.05, 4.69) is 64.3 Å². The van der Waals surface area contributed by atoms with Crippen LogP contribution >= 0.6 is 0 Å². The van der Waals surface area contributed by atoms with Gasteiger partial charge in [-0.25, -0.2) is 4.98 Å². The molecule has 0 radical (unpaired) electrons. The number of aryl methyl sites for hydroxylation is 1. The Balaban J connectivity index is 1.88. The average Bonchev–Trinajstić information content (AvgIpc) is 2.90. The molecule has 0 spiro atoms. The normalized spacial score (nSPS) is 11.2. The number of anilines is 3. The molecule has 4 rings (SSSR count). The summed E-state index contributed by atoms with van der Waals surface area (Å²) in [5.41, 5.74) is 10.1. The van der Waals surface area contributed by atoms with Crippen LogP contribution in [0.3, 0.4) is 0 Å². The summed E-state index contributed by atoms with van der Waals surface area (Å²) in [6.07, 6.45) is 1.74. The Bertz CT molecular complexity index is 1000. The summed E-state index contributed by atoms with van der Waals surface area (Å²) < 4.78 is 2.34. The Morgan fingerprint density at radius 2 is 1.83 bits per heavy atom. The van der Waals surface area contributed by atoms with Crippen molar-refractivity contribution in [1.82, 2.24) is 9.55 Å². The molecule has 0 aliphatic rings. The summed E-state index contributed by atoms with van der Waals surface area (Å²) in [6.45, 7) is 3.12. The standard InChI is InChI=1S/C19H18N4/c1-2-23-17-8-4-3-6-14(17)15-12-13(9-10-18(15)23)22-19-16(20)7-5-11-21-19/h3-12H,2,20H2,1H3,(H,21,22). The number of fused-ring (bicyclic) bond motifs is 3. The van der Waals surface area contributed by atoms with Crippen molar-refractivity contribution in [1.29, 1.82) is 0 Å². The molecule has 4 heteroatoms. The number of benzene rings is 2. The Hall–Kier alpha value is -3.01. The van der Waals surface area contributed by atoms with E-state index in [-0.39, 0.29) is 0 Å². The summed E-state index contributed by atoms with van der Waals surface area (Å²) >= 11 is 0. The lowest BCUT2D eigenvalue weighted by atomic mass is 10.1. The number of aromatic nitrogens is 2. The topological polar surface area (TPSA) is 55.9 Å². The SMILES string of the molecule is CCn1c2ccccc2c2cc(Nc3ncccc3N)ccc21. The molecular formula is C19H18N4. The number of hydrogen-bond acceptors (Lipinski definition) is 3. The predicted octanol–water partition coefficient (Wildman–Crippen LogP) is 4.54. The van der Waals surface area contributed by atoms with Gasteiger partial charge in [-0.1, -0.05) is 18.2 Å². The molecule has 0 fully saturated rings. The number of pyridine rings is 1. The number of nitrogens with two attached hydrogens (primary N) is 1. The first-order chi connectivity index (χ1) is 11.3. The van der Waals surface area contributed by atoms with Crippen LogP contribution in [-0.2, 0) is 6.54 Å². The van der Waals surface area contributed by atoms with E-state index in [1.807, 2.05) is 12.1 Å². The molecule has 0 saturated carbocycles. The number of rotatable bonds is 3. The van der Waals surface area contributed by atoms with Gasteiger partial charge in [-0.05, 0) is 43.3 Å². The lowest BCUT2D eigenvalue weighted by Crippen LogP contribution is -1.98. The van der Waals surface area contributed by atoms with Crippen molar-refractivity contribution < 1.29 is 0 Å². The maximum atomic E-state index is 5.97. The molecule has 0 unspecified atom stereocenters. The maximum Gasteiger partial charge on any atom is 0.153 e. The van der Waals surface area contributed by atoms with Crippen LogP contribution in [0.1, 0.15) is 6.92 Å². The third kappa shape index (κ3) is 2.19. The van der Waals surface area contributed by atoms with E-state index in [0.29, 0.717) is 11.5 Å². The predicted molar refractivity (Wildman–Crippen MR) is 97.1 cm³/mol. The number of nitrogens with zero attached hydrogens (tertiary/aromatic N) is 2. The van der Waals surface area contributed by atoms with Crippen LogP contribution in [0.4, 0.5) is 17.2 Å². The molecule has 2 aromatic carbocycles. The van der Waals surface area contributed by atoms with E-state index in [4.69, 9.17) is 5.73 Å². The van der Waals surface area contributed by atoms with Crippen molar-refractivity contribution in [2.24, 2.45) is 0 Å². The van der Waals surface area contributed by atoms with Crippen molar-refractivity contribution in [2.75, 3.05) is 11.1 Å². The van der Waals surface area contributed by atoms with E-state index >= 15 is 0 Å². The van der Waals surface area contributed by atoms with Crippen LogP contribution in [0.15, 0.2) is 60.8 Å². The highest BCUT2D eigenvalue weighted by Gasteiger charge is 2.10. The number of nitrogens with one attached hydrogen (secondary N) is 1. The average molecular weight is 302 g/mol. The molecule has 0 aliphatic heterocycles. The summed E-state index contributed by atoms with van der Waals surface area (Å²) in [4.78, 5) is 4.30. The van der Waals surface area contributed by atoms with Crippen LogP contribution in [0.2, 0.25) is 0 Å². The Labute approximate surface area is 134 Å². The quantitative estimate of drug-likeness (QED) is 0.584. The first-order valence-electron chi connectivity index (χ1n) is 7.76. The second-order valence-electron chi connectivity index (χ2n) is 5.56. The fraction of sp³-hybridized carbons (Fsp3) is 0.105. The van der Waals surface area contributed by atoms with Crippen LogP contribution in [0.25, 0.3) is 21.8 Å². The Morgan fingerprint density at radius 3 is 2.65 bits per heavy atom. The molecule has 0 saturated heterocycles. The minimum Gasteiger partial charge on any atom is -0.396 e. The lowest BCUT2D eigenvalue weighted by Gasteiger charge is -2.08. The van der Waals surface area contributed by atoms with E-state index in [1.165, 1.54) is 21.8 Å². The van der Waals surface area contributed by atoms with Gasteiger partial charge in [0.25, 0.3) is 0 Å². The fourth-order valence-electron chi connectivity index (χ4n) is 3.13. The Morgan fingerprint density at radius 1 is 1.00 bits per heavy atom. The highest BCUT2D eigenvalue weighted by atomic mass is 15.0. The van der Waals surface area contributed by atoms with Crippen LogP contribution in [-0.4, -0.2) is 9.55 Å². The van der Waals surface area contributed by atoms with Gasteiger partial charge in [0.05, 0.1) is 5.69 Å². The van der Waals surface area contributed by atoms with E-state index in [0.717, 1.165) is 12.2 Å². The second-order valence-corrected chi connectivity index (χ2v) is 5.56. The highest BCUT2D eigenvalue weighted by Crippen LogP contribution is 2.32. The smallest absolute Gasteiger partial charge is 0.153 e. The second kappa shape index (κ2) is 5.32. The van der Waals surface area contributed by atoms with Gasteiger partial charge >= 0.3 is 0 Å². The molecule has 0 aliphatic carbocycles. The molecule has 0 amide bonds. The van der Waals surface area contributed by atoms with Crippen molar-refractivity contribution in [3.63, 3.8) is 0 Å². The molecule has 114 valence electrons. The lowest BCUT2D eigenvalue weighted by molar-refractivity contribution is 0.827. The molecular weight excluding hydrogens is 284 g/mol. The van der Waals surface area contributed by atoms with E-state index in [1.54, 1.807) is 6.20 Å². The van der Waals surface area contributed by atoms with Gasteiger partial charge in [-0.15, -0.1) is 0 Å². The zero-order chi connectivity index (χ0) is 15.8. The maximum absolute atomic E-state index is 5.97. The molecule has 4 aromatic rings. The number of hydrogen-bond donors (Lipinski definition) is 2. The van der Waals surface area contributed by atoms with Crippen molar-refractivity contribution >= 4 is 39.0 Å². The molecule has 3 N–H and O–H groups in total. The van der Waals surface area contributed by atoms with Crippen molar-refractivity contribution in [2.45, 2.75) is 13.5 Å². The highest BCUT2D eigenvalue weighted by molar-refractivity contribution is 6.09. The van der Waals surface area contributed by atoms with Crippen LogP contribution in [0, 0.1) is 0 Å². The van der Waals surface area contributed by atoms with E-state index < -0.39 is 0 Å². The molecule has 2 heterocycles. The van der Waals surface area contributed by atoms with Crippen molar-refractivity contribution in [3.05, 3.63) is 60.8 Å². The van der Waals surface area contributed by atoms with Crippen LogP contribution in [0.5, 0.6) is 0 Å². The zero-order valence-electron chi connectivity index (χ0n) is 13.0. The van der Waals surface area contributed by atoms with Gasteiger partial charge in [0, 0.05) is 40.2 Å². The van der Waals surface area contributed by atoms with Gasteiger partial charge in [0.1, 0.15) is 0 Å². The molecule has 2 aromatic heterocycles.